The number of aliphatic hydroxyl groups excluding tert-OH is 1. The minimum absolute atomic E-state index is 0. The smallest absolute Gasteiger partial charge is 0.746 e. The first-order chi connectivity index (χ1) is 7.43. The van der Waals surface area contributed by atoms with E-state index in [-0.39, 0.29) is 36.1 Å². The van der Waals surface area contributed by atoms with Crippen molar-refractivity contribution in [2.45, 2.75) is 38.7 Å². The molecule has 0 aromatic carbocycles. The van der Waals surface area contributed by atoms with Gasteiger partial charge >= 0.3 is 35.7 Å². The second-order valence-electron chi connectivity index (χ2n) is 4.74. The number of amides is 1. The van der Waals surface area contributed by atoms with E-state index >= 15 is 0 Å². The molecular formula is C9H18NNaO6S. The Kier molecular flexibility index (Phi) is 8.71. The Morgan fingerprint density at radius 3 is 2.22 bits per heavy atom. The van der Waals surface area contributed by atoms with E-state index in [1.54, 1.807) is 20.8 Å². The van der Waals surface area contributed by atoms with Crippen LogP contribution in [-0.2, 0) is 14.9 Å². The van der Waals surface area contributed by atoms with Gasteiger partial charge in [0.05, 0.1) is 0 Å². The average Bonchev–Trinajstić information content (AvgIpc) is 2.08. The molecule has 0 aliphatic heterocycles. The third-order valence-electron chi connectivity index (χ3n) is 1.75. The maximum absolute atomic E-state index is 11.2. The van der Waals surface area contributed by atoms with Crippen LogP contribution in [-0.4, -0.2) is 41.8 Å². The predicted octanol–water partition coefficient (Wildman–Crippen LogP) is -2.99. The topological polar surface area (TPSA) is 116 Å². The molecule has 0 saturated carbocycles. The van der Waals surface area contributed by atoms with E-state index in [9.17, 15) is 17.8 Å². The van der Waals surface area contributed by atoms with Crippen LogP contribution >= 0.6 is 0 Å². The number of aliphatic hydroxyl groups is 1. The van der Waals surface area contributed by atoms with Crippen molar-refractivity contribution in [1.29, 1.82) is 0 Å². The van der Waals surface area contributed by atoms with Crippen molar-refractivity contribution in [2.75, 3.05) is 6.54 Å². The zero-order chi connectivity index (χ0) is 13.9. The van der Waals surface area contributed by atoms with Gasteiger partial charge in [-0.1, -0.05) is 6.92 Å². The monoisotopic (exact) mass is 291 g/mol. The van der Waals surface area contributed by atoms with Gasteiger partial charge in [-0.25, -0.2) is 13.2 Å². The first-order valence-corrected chi connectivity index (χ1v) is 6.50. The maximum atomic E-state index is 11.2. The second-order valence-corrected chi connectivity index (χ2v) is 6.21. The van der Waals surface area contributed by atoms with Crippen LogP contribution < -0.4 is 34.9 Å². The summed E-state index contributed by atoms with van der Waals surface area (Å²) in [6, 6.07) is 0. The van der Waals surface area contributed by atoms with Gasteiger partial charge in [-0.05, 0) is 20.8 Å². The van der Waals surface area contributed by atoms with Gasteiger partial charge in [0.1, 0.15) is 21.2 Å². The van der Waals surface area contributed by atoms with Crippen LogP contribution in [0.3, 0.4) is 0 Å². The van der Waals surface area contributed by atoms with Crippen LogP contribution in [0.5, 0.6) is 0 Å². The Labute approximate surface area is 129 Å². The van der Waals surface area contributed by atoms with Crippen LogP contribution in [0.25, 0.3) is 0 Å². The fourth-order valence-electron chi connectivity index (χ4n) is 0.944. The number of nitrogens with one attached hydrogen (secondary N) is 1. The first-order valence-electron chi connectivity index (χ1n) is 5.03. The minimum atomic E-state index is -4.77. The molecule has 0 bridgehead atoms. The Morgan fingerprint density at radius 1 is 1.44 bits per heavy atom. The van der Waals surface area contributed by atoms with Crippen LogP contribution in [0.4, 0.5) is 4.79 Å². The Morgan fingerprint density at radius 2 is 1.89 bits per heavy atom. The normalized spacial score (nSPS) is 15.2. The Hall–Kier alpha value is 0.140. The molecule has 0 aromatic heterocycles. The largest absolute Gasteiger partial charge is 1.00 e. The van der Waals surface area contributed by atoms with E-state index < -0.39 is 33.2 Å². The third kappa shape index (κ3) is 9.12. The van der Waals surface area contributed by atoms with Crippen molar-refractivity contribution < 1.29 is 57.2 Å². The molecule has 0 fully saturated rings. The summed E-state index contributed by atoms with van der Waals surface area (Å²) in [5.74, 6) is -0.912. The summed E-state index contributed by atoms with van der Waals surface area (Å²) in [4.78, 5) is 11.2. The molecule has 18 heavy (non-hydrogen) atoms. The van der Waals surface area contributed by atoms with Gasteiger partial charge in [0, 0.05) is 12.5 Å². The molecule has 0 aromatic rings. The molecular weight excluding hydrogens is 273 g/mol. The summed E-state index contributed by atoms with van der Waals surface area (Å²) in [7, 11) is -4.77. The van der Waals surface area contributed by atoms with Crippen molar-refractivity contribution >= 4 is 16.2 Å². The van der Waals surface area contributed by atoms with Gasteiger partial charge in [0.15, 0.2) is 0 Å². The first kappa shape index (κ1) is 20.5. The minimum Gasteiger partial charge on any atom is -0.746 e. The summed E-state index contributed by atoms with van der Waals surface area (Å²) in [5.41, 5.74) is -2.71. The van der Waals surface area contributed by atoms with Crippen molar-refractivity contribution in [3.8, 4) is 0 Å². The van der Waals surface area contributed by atoms with E-state index in [0.717, 1.165) is 0 Å². The van der Waals surface area contributed by atoms with Gasteiger partial charge in [0.25, 0.3) is 0 Å². The fourth-order valence-corrected chi connectivity index (χ4v) is 1.61. The van der Waals surface area contributed by atoms with Gasteiger partial charge in [0.2, 0.25) is 0 Å². The summed E-state index contributed by atoms with van der Waals surface area (Å²) >= 11 is 0. The van der Waals surface area contributed by atoms with Gasteiger partial charge in [-0.2, -0.15) is 0 Å². The second kappa shape index (κ2) is 7.66. The molecule has 2 unspecified atom stereocenters. The molecule has 0 heterocycles. The third-order valence-corrected chi connectivity index (χ3v) is 2.81. The molecule has 0 aliphatic carbocycles. The van der Waals surface area contributed by atoms with Gasteiger partial charge in [-0.15, -0.1) is 0 Å². The summed E-state index contributed by atoms with van der Waals surface area (Å²) in [6.07, 6.45) is -0.736. The van der Waals surface area contributed by atoms with Crippen molar-refractivity contribution in [1.82, 2.24) is 5.32 Å². The quantitative estimate of drug-likeness (QED) is 0.422. The number of carbonyl (C=O) groups is 1. The van der Waals surface area contributed by atoms with Crippen LogP contribution in [0, 0.1) is 5.92 Å². The summed E-state index contributed by atoms with van der Waals surface area (Å²) in [6.45, 7) is 6.18. The van der Waals surface area contributed by atoms with E-state index in [0.29, 0.717) is 0 Å². The molecule has 0 aliphatic rings. The molecule has 9 heteroatoms. The molecule has 0 spiro atoms. The Balaban J connectivity index is 0. The SMILES string of the molecule is CC(CNC(=O)OC(C)(C)C)C(O)S(=O)(=O)[O-].[Na+]. The summed E-state index contributed by atoms with van der Waals surface area (Å²) < 4.78 is 36.4. The number of rotatable bonds is 4. The van der Waals surface area contributed by atoms with Crippen molar-refractivity contribution in [3.05, 3.63) is 0 Å². The number of hydrogen-bond acceptors (Lipinski definition) is 6. The zero-order valence-electron chi connectivity index (χ0n) is 11.3. The molecule has 2 N–H and O–H groups in total. The standard InChI is InChI=1S/C9H19NO6S.Na/c1-6(7(11)17(13,14)15)5-10-8(12)16-9(2,3)4;/h6-7,11H,5H2,1-4H3,(H,10,12)(H,13,14,15);/q;+1/p-1. The molecule has 2 atom stereocenters. The van der Waals surface area contributed by atoms with E-state index in [1.165, 1.54) is 6.92 Å². The van der Waals surface area contributed by atoms with E-state index in [4.69, 9.17) is 9.84 Å². The van der Waals surface area contributed by atoms with Crippen molar-refractivity contribution in [2.24, 2.45) is 5.92 Å². The number of ether oxygens (including phenoxy) is 1. The zero-order valence-corrected chi connectivity index (χ0v) is 14.1. The van der Waals surface area contributed by atoms with Crippen LogP contribution in [0.15, 0.2) is 0 Å². The number of hydrogen-bond donors (Lipinski definition) is 2. The molecule has 7 nitrogen and oxygen atoms in total. The summed E-state index contributed by atoms with van der Waals surface area (Å²) in [5, 5.41) is 11.4. The van der Waals surface area contributed by atoms with E-state index in [1.807, 2.05) is 0 Å². The number of alkyl carbamates (subject to hydrolysis) is 1. The maximum Gasteiger partial charge on any atom is 1.00 e. The fraction of sp³-hybridized carbons (Fsp3) is 0.889. The molecule has 0 rings (SSSR count). The van der Waals surface area contributed by atoms with Gasteiger partial charge in [-0.3, -0.25) is 0 Å². The molecule has 102 valence electrons. The molecule has 1 amide bonds. The molecule has 0 saturated heterocycles. The molecule has 0 radical (unpaired) electrons. The van der Waals surface area contributed by atoms with Gasteiger partial charge < -0.3 is 19.7 Å². The van der Waals surface area contributed by atoms with Crippen molar-refractivity contribution in [3.63, 3.8) is 0 Å². The van der Waals surface area contributed by atoms with Crippen LogP contribution in [0.2, 0.25) is 0 Å². The Bertz CT molecular complexity index is 364. The van der Waals surface area contributed by atoms with Crippen LogP contribution in [0.1, 0.15) is 27.7 Å². The average molecular weight is 291 g/mol. The predicted molar refractivity (Wildman–Crippen MR) is 59.1 cm³/mol. The van der Waals surface area contributed by atoms with E-state index in [2.05, 4.69) is 5.32 Å². The number of carbonyl (C=O) groups excluding carboxylic acids is 1.